The molecule has 0 heterocycles. The van der Waals surface area contributed by atoms with Crippen molar-refractivity contribution in [1.82, 2.24) is 4.90 Å². The number of alkyl halides is 2. The van der Waals surface area contributed by atoms with Gasteiger partial charge in [-0.1, -0.05) is 23.2 Å². The fourth-order valence-corrected chi connectivity index (χ4v) is 2.09. The third-order valence-corrected chi connectivity index (χ3v) is 2.96. The van der Waals surface area contributed by atoms with E-state index in [2.05, 4.69) is 0 Å². The molecule has 1 rings (SSSR count). The van der Waals surface area contributed by atoms with E-state index in [1.807, 2.05) is 0 Å². The zero-order valence-electron chi connectivity index (χ0n) is 9.95. The number of hydrogen-bond donors (Lipinski definition) is 1. The highest BCUT2D eigenvalue weighted by Gasteiger charge is 2.18. The van der Waals surface area contributed by atoms with Crippen LogP contribution < -0.4 is 0 Å². The molecule has 0 bridgehead atoms. The van der Waals surface area contributed by atoms with Crippen LogP contribution in [0.1, 0.15) is 10.4 Å². The Kier molecular flexibility index (Phi) is 6.65. The average molecular weight is 312 g/mol. The van der Waals surface area contributed by atoms with Gasteiger partial charge in [-0.2, -0.15) is 0 Å². The highest BCUT2D eigenvalue weighted by Crippen LogP contribution is 2.21. The highest BCUT2D eigenvalue weighted by molar-refractivity contribution is 6.36. The quantitative estimate of drug-likeness (QED) is 0.787. The fourth-order valence-electron chi connectivity index (χ4n) is 1.58. The number of aliphatic hydroxyl groups is 1. The highest BCUT2D eigenvalue weighted by atomic mass is 35.5. The Morgan fingerprint density at radius 1 is 1.37 bits per heavy atom. The largest absolute Gasteiger partial charge is 0.395 e. The number of hydrogen-bond acceptors (Lipinski definition) is 3. The number of ketones is 1. The first-order chi connectivity index (χ1) is 8.93. The van der Waals surface area contributed by atoms with Crippen molar-refractivity contribution in [3.63, 3.8) is 0 Å². The summed E-state index contributed by atoms with van der Waals surface area (Å²) < 4.78 is 24.6. The van der Waals surface area contributed by atoms with Crippen molar-refractivity contribution >= 4 is 29.0 Å². The Balaban J connectivity index is 2.75. The van der Waals surface area contributed by atoms with Crippen LogP contribution in [0.5, 0.6) is 0 Å². The van der Waals surface area contributed by atoms with Crippen LogP contribution in [-0.2, 0) is 0 Å². The lowest BCUT2D eigenvalue weighted by molar-refractivity contribution is 0.0689. The molecule has 19 heavy (non-hydrogen) atoms. The molecule has 1 aromatic rings. The van der Waals surface area contributed by atoms with Gasteiger partial charge in [-0.15, -0.1) is 0 Å². The second-order valence-electron chi connectivity index (χ2n) is 3.90. The molecule has 0 aliphatic rings. The van der Waals surface area contributed by atoms with E-state index in [1.165, 1.54) is 23.1 Å². The van der Waals surface area contributed by atoms with E-state index in [4.69, 9.17) is 28.3 Å². The molecule has 0 fully saturated rings. The molecule has 1 N–H and O–H groups in total. The molecule has 1 aromatic carbocycles. The third kappa shape index (κ3) is 5.40. The summed E-state index contributed by atoms with van der Waals surface area (Å²) >= 11 is 11.6. The van der Waals surface area contributed by atoms with Gasteiger partial charge in [0.25, 0.3) is 6.43 Å². The summed E-state index contributed by atoms with van der Waals surface area (Å²) in [6.07, 6.45) is -2.57. The number of benzene rings is 1. The molecule has 0 aliphatic heterocycles. The molecular weight excluding hydrogens is 299 g/mol. The van der Waals surface area contributed by atoms with Crippen LogP contribution in [0.4, 0.5) is 8.78 Å². The minimum absolute atomic E-state index is 0.00128. The van der Waals surface area contributed by atoms with Crippen LogP contribution in [0.3, 0.4) is 0 Å². The molecule has 0 atom stereocenters. The standard InChI is InChI=1S/C12H13Cl2F2NO2/c13-8-1-2-9(10(14)5-8)11(19)6-17(3-4-18)7-12(15)16/h1-2,5,12,18H,3-4,6-7H2. The van der Waals surface area contributed by atoms with E-state index in [0.717, 1.165) is 0 Å². The molecule has 0 saturated heterocycles. The van der Waals surface area contributed by atoms with E-state index in [1.54, 1.807) is 0 Å². The van der Waals surface area contributed by atoms with Gasteiger partial charge in [0.1, 0.15) is 0 Å². The summed E-state index contributed by atoms with van der Waals surface area (Å²) in [5, 5.41) is 9.35. The number of Topliss-reactive ketones (excluding diaryl/α,β-unsaturated/α-hetero) is 1. The average Bonchev–Trinajstić information content (AvgIpc) is 2.27. The maximum absolute atomic E-state index is 12.3. The summed E-state index contributed by atoms with van der Waals surface area (Å²) in [4.78, 5) is 13.1. The first-order valence-electron chi connectivity index (χ1n) is 5.53. The van der Waals surface area contributed by atoms with E-state index in [9.17, 15) is 13.6 Å². The number of nitrogens with zero attached hydrogens (tertiary/aromatic N) is 1. The first-order valence-corrected chi connectivity index (χ1v) is 6.29. The number of aliphatic hydroxyl groups excluding tert-OH is 1. The van der Waals surface area contributed by atoms with Gasteiger partial charge in [-0.3, -0.25) is 9.69 Å². The molecule has 0 aliphatic carbocycles. The van der Waals surface area contributed by atoms with Crippen LogP contribution >= 0.6 is 23.2 Å². The molecule has 0 unspecified atom stereocenters. The van der Waals surface area contributed by atoms with Gasteiger partial charge < -0.3 is 5.11 Å². The monoisotopic (exact) mass is 311 g/mol. The van der Waals surface area contributed by atoms with Gasteiger partial charge in [-0.25, -0.2) is 8.78 Å². The Morgan fingerprint density at radius 2 is 2.05 bits per heavy atom. The summed E-state index contributed by atoms with van der Waals surface area (Å²) in [5.41, 5.74) is 0.225. The second-order valence-corrected chi connectivity index (χ2v) is 4.74. The molecule has 7 heteroatoms. The maximum atomic E-state index is 12.3. The Hall–Kier alpha value is -0.750. The number of rotatable bonds is 7. The van der Waals surface area contributed by atoms with E-state index in [-0.39, 0.29) is 30.3 Å². The number of carbonyl (C=O) groups excluding carboxylic acids is 1. The SMILES string of the molecule is O=C(CN(CCO)CC(F)F)c1ccc(Cl)cc1Cl. The third-order valence-electron chi connectivity index (χ3n) is 2.41. The van der Waals surface area contributed by atoms with Crippen LogP contribution in [0.25, 0.3) is 0 Å². The van der Waals surface area contributed by atoms with Crippen molar-refractivity contribution in [1.29, 1.82) is 0 Å². The van der Waals surface area contributed by atoms with Gasteiger partial charge in [0.2, 0.25) is 0 Å². The molecule has 3 nitrogen and oxygen atoms in total. The fraction of sp³-hybridized carbons (Fsp3) is 0.417. The van der Waals surface area contributed by atoms with E-state index >= 15 is 0 Å². The summed E-state index contributed by atoms with van der Waals surface area (Å²) in [6.45, 7) is -1.10. The first kappa shape index (κ1) is 16.3. The predicted octanol–water partition coefficient (Wildman–Crippen LogP) is 2.74. The van der Waals surface area contributed by atoms with Crippen molar-refractivity contribution in [3.05, 3.63) is 33.8 Å². The second kappa shape index (κ2) is 7.75. The topological polar surface area (TPSA) is 40.5 Å². The minimum atomic E-state index is -2.57. The van der Waals surface area contributed by atoms with Crippen LogP contribution in [0.15, 0.2) is 18.2 Å². The maximum Gasteiger partial charge on any atom is 0.251 e. The van der Waals surface area contributed by atoms with Gasteiger partial charge in [-0.05, 0) is 18.2 Å². The minimum Gasteiger partial charge on any atom is -0.395 e. The Morgan fingerprint density at radius 3 is 2.58 bits per heavy atom. The molecule has 0 amide bonds. The van der Waals surface area contributed by atoms with Gasteiger partial charge >= 0.3 is 0 Å². The molecule has 0 spiro atoms. The predicted molar refractivity (Wildman–Crippen MR) is 70.3 cm³/mol. The van der Waals surface area contributed by atoms with Gasteiger partial charge in [0.05, 0.1) is 24.7 Å². The van der Waals surface area contributed by atoms with Crippen molar-refractivity contribution < 1.29 is 18.7 Å². The van der Waals surface area contributed by atoms with Gasteiger partial charge in [0.15, 0.2) is 5.78 Å². The lowest BCUT2D eigenvalue weighted by atomic mass is 10.1. The number of carbonyl (C=O) groups is 1. The zero-order chi connectivity index (χ0) is 14.4. The summed E-state index contributed by atoms with van der Waals surface area (Å²) in [5.74, 6) is -0.393. The van der Waals surface area contributed by atoms with Gasteiger partial charge in [0, 0.05) is 17.1 Å². The van der Waals surface area contributed by atoms with E-state index < -0.39 is 18.8 Å². The van der Waals surface area contributed by atoms with Crippen molar-refractivity contribution in [2.45, 2.75) is 6.43 Å². The summed E-state index contributed by atoms with van der Waals surface area (Å²) in [7, 11) is 0. The van der Waals surface area contributed by atoms with Crippen molar-refractivity contribution in [2.75, 3.05) is 26.2 Å². The Labute approximate surface area is 119 Å². The number of halogens is 4. The Bertz CT molecular complexity index is 444. The normalized spacial score (nSPS) is 11.3. The molecule has 0 aromatic heterocycles. The molecule has 106 valence electrons. The zero-order valence-corrected chi connectivity index (χ0v) is 11.5. The van der Waals surface area contributed by atoms with Crippen molar-refractivity contribution in [2.24, 2.45) is 0 Å². The van der Waals surface area contributed by atoms with Crippen LogP contribution in [0.2, 0.25) is 10.0 Å². The molecule has 0 saturated carbocycles. The van der Waals surface area contributed by atoms with Crippen LogP contribution in [-0.4, -0.2) is 48.5 Å². The lowest BCUT2D eigenvalue weighted by Crippen LogP contribution is -2.36. The summed E-state index contributed by atoms with van der Waals surface area (Å²) in [6, 6.07) is 4.37. The molecular formula is C12H13Cl2F2NO2. The molecule has 0 radical (unpaired) electrons. The lowest BCUT2D eigenvalue weighted by Gasteiger charge is -2.20. The smallest absolute Gasteiger partial charge is 0.251 e. The van der Waals surface area contributed by atoms with Crippen LogP contribution in [0, 0.1) is 0 Å². The van der Waals surface area contributed by atoms with Crippen molar-refractivity contribution in [3.8, 4) is 0 Å². The van der Waals surface area contributed by atoms with E-state index in [0.29, 0.717) is 5.02 Å².